The van der Waals surface area contributed by atoms with E-state index in [-0.39, 0.29) is 11.7 Å². The van der Waals surface area contributed by atoms with Crippen molar-refractivity contribution in [1.29, 1.82) is 0 Å². The lowest BCUT2D eigenvalue weighted by Gasteiger charge is -2.11. The van der Waals surface area contributed by atoms with Crippen LogP contribution in [0.25, 0.3) is 5.69 Å². The molecule has 4 nitrogen and oxygen atoms in total. The van der Waals surface area contributed by atoms with Gasteiger partial charge in [-0.15, -0.1) is 5.10 Å². The normalized spacial score (nSPS) is 11.1. The molecule has 0 saturated carbocycles. The van der Waals surface area contributed by atoms with Gasteiger partial charge < -0.3 is 5.73 Å². The SMILES string of the molecule is CC(C)c1c(N)nnn1-c1ccc(F)cc1Br. The summed E-state index contributed by atoms with van der Waals surface area (Å²) in [6.07, 6.45) is 0. The van der Waals surface area contributed by atoms with Crippen LogP contribution in [-0.4, -0.2) is 15.0 Å². The van der Waals surface area contributed by atoms with Gasteiger partial charge in [-0.1, -0.05) is 19.1 Å². The van der Waals surface area contributed by atoms with Crippen molar-refractivity contribution < 1.29 is 4.39 Å². The second kappa shape index (κ2) is 4.44. The maximum Gasteiger partial charge on any atom is 0.169 e. The van der Waals surface area contributed by atoms with E-state index in [0.29, 0.717) is 10.3 Å². The monoisotopic (exact) mass is 298 g/mol. The maximum atomic E-state index is 13.0. The van der Waals surface area contributed by atoms with Crippen LogP contribution in [-0.2, 0) is 0 Å². The molecule has 17 heavy (non-hydrogen) atoms. The van der Waals surface area contributed by atoms with Crippen molar-refractivity contribution in [1.82, 2.24) is 15.0 Å². The van der Waals surface area contributed by atoms with E-state index in [1.54, 1.807) is 10.7 Å². The molecule has 0 aliphatic rings. The maximum absolute atomic E-state index is 13.0. The van der Waals surface area contributed by atoms with Crippen LogP contribution in [0.5, 0.6) is 0 Å². The Hall–Kier alpha value is -1.43. The molecule has 2 N–H and O–H groups in total. The summed E-state index contributed by atoms with van der Waals surface area (Å²) in [5.41, 5.74) is 7.31. The Morgan fingerprint density at radius 2 is 2.12 bits per heavy atom. The van der Waals surface area contributed by atoms with Gasteiger partial charge in [-0.2, -0.15) is 0 Å². The second-order valence-corrected chi connectivity index (χ2v) is 4.88. The second-order valence-electron chi connectivity index (χ2n) is 4.02. The number of anilines is 1. The number of nitrogen functional groups attached to an aromatic ring is 1. The molecular formula is C11H12BrFN4. The fraction of sp³-hybridized carbons (Fsp3) is 0.273. The van der Waals surface area contributed by atoms with Gasteiger partial charge in [-0.25, -0.2) is 9.07 Å². The first-order chi connectivity index (χ1) is 8.00. The van der Waals surface area contributed by atoms with Crippen molar-refractivity contribution in [3.63, 3.8) is 0 Å². The van der Waals surface area contributed by atoms with Gasteiger partial charge in [0.05, 0.1) is 11.4 Å². The molecular weight excluding hydrogens is 287 g/mol. The summed E-state index contributed by atoms with van der Waals surface area (Å²) in [5.74, 6) is 0.276. The summed E-state index contributed by atoms with van der Waals surface area (Å²) >= 11 is 3.31. The van der Waals surface area contributed by atoms with Gasteiger partial charge in [0.25, 0.3) is 0 Å². The zero-order chi connectivity index (χ0) is 12.6. The van der Waals surface area contributed by atoms with E-state index in [1.165, 1.54) is 12.1 Å². The topological polar surface area (TPSA) is 56.7 Å². The number of aromatic nitrogens is 3. The van der Waals surface area contributed by atoms with E-state index in [9.17, 15) is 4.39 Å². The highest BCUT2D eigenvalue weighted by Crippen LogP contribution is 2.27. The summed E-state index contributed by atoms with van der Waals surface area (Å²) in [7, 11) is 0. The van der Waals surface area contributed by atoms with Gasteiger partial charge in [-0.05, 0) is 40.0 Å². The lowest BCUT2D eigenvalue weighted by molar-refractivity contribution is 0.624. The van der Waals surface area contributed by atoms with Crippen molar-refractivity contribution in [2.45, 2.75) is 19.8 Å². The van der Waals surface area contributed by atoms with Crippen molar-refractivity contribution in [3.05, 3.63) is 34.2 Å². The molecule has 0 amide bonds. The molecule has 2 aromatic rings. The third-order valence-corrected chi connectivity index (χ3v) is 3.05. The van der Waals surface area contributed by atoms with Crippen molar-refractivity contribution >= 4 is 21.7 Å². The molecule has 1 aromatic heterocycles. The van der Waals surface area contributed by atoms with Crippen LogP contribution in [0.1, 0.15) is 25.5 Å². The van der Waals surface area contributed by atoms with E-state index in [1.807, 2.05) is 13.8 Å². The molecule has 90 valence electrons. The number of hydrogen-bond acceptors (Lipinski definition) is 3. The minimum Gasteiger partial charge on any atom is -0.381 e. The quantitative estimate of drug-likeness (QED) is 0.927. The average molecular weight is 299 g/mol. The highest BCUT2D eigenvalue weighted by molar-refractivity contribution is 9.10. The van der Waals surface area contributed by atoms with Gasteiger partial charge in [0.15, 0.2) is 5.82 Å². The highest BCUT2D eigenvalue weighted by atomic mass is 79.9. The first-order valence-electron chi connectivity index (χ1n) is 5.17. The number of benzene rings is 1. The van der Waals surface area contributed by atoms with Crippen LogP contribution in [0.3, 0.4) is 0 Å². The Labute approximate surface area is 107 Å². The lowest BCUT2D eigenvalue weighted by Crippen LogP contribution is -2.06. The molecule has 0 aliphatic carbocycles. The predicted molar refractivity (Wildman–Crippen MR) is 67.5 cm³/mol. The molecule has 2 rings (SSSR count). The van der Waals surface area contributed by atoms with Crippen LogP contribution < -0.4 is 5.73 Å². The minimum atomic E-state index is -0.306. The minimum absolute atomic E-state index is 0.182. The molecule has 0 aliphatic heterocycles. The summed E-state index contributed by atoms with van der Waals surface area (Å²) in [6, 6.07) is 4.40. The summed E-state index contributed by atoms with van der Waals surface area (Å²) in [6.45, 7) is 4.01. The first-order valence-corrected chi connectivity index (χ1v) is 5.96. The Morgan fingerprint density at radius 3 is 2.71 bits per heavy atom. The molecule has 0 unspecified atom stereocenters. The van der Waals surface area contributed by atoms with Gasteiger partial charge in [0.1, 0.15) is 5.82 Å². The third kappa shape index (κ3) is 2.17. The molecule has 0 radical (unpaired) electrons. The highest BCUT2D eigenvalue weighted by Gasteiger charge is 2.16. The Balaban J connectivity index is 2.61. The van der Waals surface area contributed by atoms with Crippen LogP contribution in [0.2, 0.25) is 0 Å². The molecule has 0 fully saturated rings. The van der Waals surface area contributed by atoms with Crippen molar-refractivity contribution in [2.24, 2.45) is 0 Å². The average Bonchev–Trinajstić information content (AvgIpc) is 2.60. The number of nitrogens with zero attached hydrogens (tertiary/aromatic N) is 3. The molecule has 0 atom stereocenters. The molecule has 0 spiro atoms. The smallest absolute Gasteiger partial charge is 0.169 e. The third-order valence-electron chi connectivity index (χ3n) is 2.42. The first kappa shape index (κ1) is 12.0. The van der Waals surface area contributed by atoms with Crippen LogP contribution in [0, 0.1) is 5.82 Å². The summed E-state index contributed by atoms with van der Waals surface area (Å²) in [4.78, 5) is 0. The zero-order valence-electron chi connectivity index (χ0n) is 9.48. The molecule has 0 bridgehead atoms. The standard InChI is InChI=1S/C11H12BrFN4/c1-6(2)10-11(14)15-16-17(10)9-4-3-7(13)5-8(9)12/h3-6H,14H2,1-2H3. The van der Waals surface area contributed by atoms with Crippen LogP contribution >= 0.6 is 15.9 Å². The summed E-state index contributed by atoms with van der Waals surface area (Å²) < 4.78 is 15.3. The van der Waals surface area contributed by atoms with E-state index < -0.39 is 0 Å². The van der Waals surface area contributed by atoms with Gasteiger partial charge in [0, 0.05) is 4.47 Å². The molecule has 6 heteroatoms. The number of nitrogens with two attached hydrogens (primary N) is 1. The van der Waals surface area contributed by atoms with Crippen LogP contribution in [0.15, 0.2) is 22.7 Å². The summed E-state index contributed by atoms with van der Waals surface area (Å²) in [5, 5.41) is 7.84. The van der Waals surface area contributed by atoms with Gasteiger partial charge in [-0.3, -0.25) is 0 Å². The lowest BCUT2D eigenvalue weighted by atomic mass is 10.1. The largest absolute Gasteiger partial charge is 0.381 e. The van der Waals surface area contributed by atoms with Gasteiger partial charge in [0.2, 0.25) is 0 Å². The van der Waals surface area contributed by atoms with E-state index in [2.05, 4.69) is 26.2 Å². The van der Waals surface area contributed by atoms with Crippen molar-refractivity contribution in [2.75, 3.05) is 5.73 Å². The zero-order valence-corrected chi connectivity index (χ0v) is 11.1. The Kier molecular flexibility index (Phi) is 3.15. The van der Waals surface area contributed by atoms with E-state index >= 15 is 0 Å². The fourth-order valence-corrected chi connectivity index (χ4v) is 2.19. The Bertz CT molecular complexity index is 550. The van der Waals surface area contributed by atoms with Gasteiger partial charge >= 0.3 is 0 Å². The number of rotatable bonds is 2. The molecule has 0 saturated heterocycles. The van der Waals surface area contributed by atoms with Crippen molar-refractivity contribution in [3.8, 4) is 5.69 Å². The number of halogens is 2. The van der Waals surface area contributed by atoms with E-state index in [4.69, 9.17) is 5.73 Å². The molecule has 1 heterocycles. The molecule has 1 aromatic carbocycles. The van der Waals surface area contributed by atoms with Crippen LogP contribution in [0.4, 0.5) is 10.2 Å². The van der Waals surface area contributed by atoms with E-state index in [0.717, 1.165) is 11.4 Å². The number of hydrogen-bond donors (Lipinski definition) is 1. The fourth-order valence-electron chi connectivity index (χ4n) is 1.67. The Morgan fingerprint density at radius 1 is 1.41 bits per heavy atom. The predicted octanol–water partition coefficient (Wildman–Crippen LogP) is 2.87.